The van der Waals surface area contributed by atoms with Crippen molar-refractivity contribution in [2.24, 2.45) is 10.9 Å². The first-order chi connectivity index (χ1) is 11.2. The normalized spacial score (nSPS) is 10.4. The highest BCUT2D eigenvalue weighted by Crippen LogP contribution is 2.09. The van der Waals surface area contributed by atoms with E-state index in [9.17, 15) is 9.59 Å². The average molecular weight is 311 g/mol. The predicted octanol–water partition coefficient (Wildman–Crippen LogP) is 1.73. The zero-order valence-corrected chi connectivity index (χ0v) is 12.4. The third-order valence-corrected chi connectivity index (χ3v) is 2.94. The minimum absolute atomic E-state index is 0.0953. The second-order valence-electron chi connectivity index (χ2n) is 4.74. The number of carbonyl (C=O) groups is 2. The third-order valence-electron chi connectivity index (χ3n) is 2.94. The molecule has 23 heavy (non-hydrogen) atoms. The van der Waals surface area contributed by atoms with Gasteiger partial charge in [0.2, 0.25) is 11.8 Å². The zero-order valence-electron chi connectivity index (χ0n) is 12.4. The first kappa shape index (κ1) is 16.2. The van der Waals surface area contributed by atoms with Gasteiger partial charge in [-0.15, -0.1) is 0 Å². The fourth-order valence-electron chi connectivity index (χ4n) is 1.85. The fraction of sp³-hybridized carbons (Fsp3) is 0.125. The highest BCUT2D eigenvalue weighted by Gasteiger charge is 2.07. The number of pyridine rings is 1. The van der Waals surface area contributed by atoms with Gasteiger partial charge in [-0.2, -0.15) is 5.10 Å². The molecule has 0 radical (unpaired) electrons. The first-order valence-electron chi connectivity index (χ1n) is 7.00. The van der Waals surface area contributed by atoms with Gasteiger partial charge in [0, 0.05) is 24.7 Å². The van der Waals surface area contributed by atoms with Crippen molar-refractivity contribution in [2.75, 3.05) is 10.6 Å². The van der Waals surface area contributed by atoms with Crippen LogP contribution in [0.15, 0.2) is 53.9 Å². The van der Waals surface area contributed by atoms with Crippen LogP contribution < -0.4 is 16.5 Å². The number of rotatable bonds is 6. The van der Waals surface area contributed by atoms with Crippen LogP contribution in [0.25, 0.3) is 0 Å². The topological polar surface area (TPSA) is 109 Å². The molecule has 0 spiro atoms. The standard InChI is InChI=1S/C16H17N5O2/c17-19-10-12-3-5-13(6-4-12)20-15(22)7-8-16(23)21-14-2-1-9-18-11-14/h1-6,9-11H,7-8,17H2,(H,20,22)(H,21,23). The molecule has 0 aliphatic carbocycles. The molecule has 1 aromatic carbocycles. The van der Waals surface area contributed by atoms with Gasteiger partial charge in [0.1, 0.15) is 0 Å². The first-order valence-corrected chi connectivity index (χ1v) is 7.00. The number of hydrogen-bond donors (Lipinski definition) is 3. The van der Waals surface area contributed by atoms with Crippen molar-refractivity contribution in [3.8, 4) is 0 Å². The van der Waals surface area contributed by atoms with Gasteiger partial charge in [-0.1, -0.05) is 12.1 Å². The molecule has 4 N–H and O–H groups in total. The number of amides is 2. The molecule has 0 unspecified atom stereocenters. The lowest BCUT2D eigenvalue weighted by atomic mass is 10.2. The molecule has 0 aliphatic heterocycles. The number of anilines is 2. The summed E-state index contributed by atoms with van der Waals surface area (Å²) in [5.41, 5.74) is 2.09. The Morgan fingerprint density at radius 1 is 1.04 bits per heavy atom. The summed E-state index contributed by atoms with van der Waals surface area (Å²) in [6.45, 7) is 0. The molecule has 0 fully saturated rings. The van der Waals surface area contributed by atoms with E-state index in [1.54, 1.807) is 48.8 Å². The molecule has 7 nitrogen and oxygen atoms in total. The van der Waals surface area contributed by atoms with Crippen LogP contribution in [-0.4, -0.2) is 23.0 Å². The maximum Gasteiger partial charge on any atom is 0.224 e. The molecule has 7 heteroatoms. The van der Waals surface area contributed by atoms with E-state index in [1.807, 2.05) is 0 Å². The summed E-state index contributed by atoms with van der Waals surface area (Å²) in [4.78, 5) is 27.5. The molecule has 2 amide bonds. The maximum absolute atomic E-state index is 11.8. The van der Waals surface area contributed by atoms with Crippen LogP contribution in [0.1, 0.15) is 18.4 Å². The molecule has 0 bridgehead atoms. The highest BCUT2D eigenvalue weighted by molar-refractivity contribution is 5.96. The van der Waals surface area contributed by atoms with Crippen molar-refractivity contribution in [3.63, 3.8) is 0 Å². The SMILES string of the molecule is NN=Cc1ccc(NC(=O)CCC(=O)Nc2cccnc2)cc1. The van der Waals surface area contributed by atoms with Gasteiger partial charge in [0.25, 0.3) is 0 Å². The summed E-state index contributed by atoms with van der Waals surface area (Å²) in [6, 6.07) is 10.5. The summed E-state index contributed by atoms with van der Waals surface area (Å²) in [5, 5.41) is 8.82. The Labute approximate surface area is 133 Å². The molecular formula is C16H17N5O2. The molecule has 0 aliphatic rings. The molecule has 0 saturated heterocycles. The quantitative estimate of drug-likeness (QED) is 0.429. The van der Waals surface area contributed by atoms with Gasteiger partial charge in [-0.3, -0.25) is 14.6 Å². The second-order valence-corrected chi connectivity index (χ2v) is 4.74. The minimum atomic E-state index is -0.234. The van der Waals surface area contributed by atoms with E-state index in [-0.39, 0.29) is 24.7 Å². The van der Waals surface area contributed by atoms with Crippen molar-refractivity contribution in [1.82, 2.24) is 4.98 Å². The summed E-state index contributed by atoms with van der Waals surface area (Å²) in [7, 11) is 0. The Bertz CT molecular complexity index is 683. The molecule has 2 aromatic rings. The van der Waals surface area contributed by atoms with Crippen LogP contribution in [0.2, 0.25) is 0 Å². The average Bonchev–Trinajstić information content (AvgIpc) is 2.56. The lowest BCUT2D eigenvalue weighted by Crippen LogP contribution is -2.17. The summed E-state index contributed by atoms with van der Waals surface area (Å²) in [5.74, 6) is 4.60. The van der Waals surface area contributed by atoms with Crippen molar-refractivity contribution >= 4 is 29.4 Å². The van der Waals surface area contributed by atoms with Crippen molar-refractivity contribution in [1.29, 1.82) is 0 Å². The number of benzene rings is 1. The second kappa shape index (κ2) is 8.28. The van der Waals surface area contributed by atoms with Crippen LogP contribution in [0, 0.1) is 0 Å². The summed E-state index contributed by atoms with van der Waals surface area (Å²) in [6.07, 6.45) is 4.86. The smallest absolute Gasteiger partial charge is 0.224 e. The Morgan fingerprint density at radius 3 is 2.26 bits per heavy atom. The number of aromatic nitrogens is 1. The Hall–Kier alpha value is -3.22. The van der Waals surface area contributed by atoms with E-state index in [1.165, 1.54) is 6.21 Å². The predicted molar refractivity (Wildman–Crippen MR) is 89.0 cm³/mol. The largest absolute Gasteiger partial charge is 0.326 e. The number of hydrazone groups is 1. The summed E-state index contributed by atoms with van der Waals surface area (Å²) >= 11 is 0. The van der Waals surface area contributed by atoms with Gasteiger partial charge >= 0.3 is 0 Å². The van der Waals surface area contributed by atoms with Gasteiger partial charge < -0.3 is 16.5 Å². The molecular weight excluding hydrogens is 294 g/mol. The van der Waals surface area contributed by atoms with Gasteiger partial charge in [-0.25, -0.2) is 0 Å². The molecule has 1 aromatic heterocycles. The van der Waals surface area contributed by atoms with Crippen LogP contribution in [0.5, 0.6) is 0 Å². The fourth-order valence-corrected chi connectivity index (χ4v) is 1.85. The Kier molecular flexibility index (Phi) is 5.81. The zero-order chi connectivity index (χ0) is 16.5. The Balaban J connectivity index is 1.77. The van der Waals surface area contributed by atoms with E-state index in [0.29, 0.717) is 11.4 Å². The summed E-state index contributed by atoms with van der Waals surface area (Å²) < 4.78 is 0. The van der Waals surface area contributed by atoms with Crippen LogP contribution in [0.3, 0.4) is 0 Å². The van der Waals surface area contributed by atoms with Crippen molar-refractivity contribution < 1.29 is 9.59 Å². The third kappa shape index (κ3) is 5.58. The monoisotopic (exact) mass is 311 g/mol. The number of nitrogens with one attached hydrogen (secondary N) is 2. The maximum atomic E-state index is 11.8. The lowest BCUT2D eigenvalue weighted by Gasteiger charge is -2.06. The molecule has 118 valence electrons. The number of nitrogens with two attached hydrogens (primary N) is 1. The van der Waals surface area contributed by atoms with E-state index in [0.717, 1.165) is 5.56 Å². The highest BCUT2D eigenvalue weighted by atomic mass is 16.2. The van der Waals surface area contributed by atoms with Gasteiger partial charge in [0.15, 0.2) is 0 Å². The number of nitrogens with zero attached hydrogens (tertiary/aromatic N) is 2. The Morgan fingerprint density at radius 2 is 1.70 bits per heavy atom. The van der Waals surface area contributed by atoms with Crippen LogP contribution in [-0.2, 0) is 9.59 Å². The van der Waals surface area contributed by atoms with Gasteiger partial charge in [0.05, 0.1) is 18.1 Å². The molecule has 0 atom stereocenters. The van der Waals surface area contributed by atoms with E-state index in [4.69, 9.17) is 5.84 Å². The van der Waals surface area contributed by atoms with Crippen molar-refractivity contribution in [2.45, 2.75) is 12.8 Å². The molecule has 0 saturated carbocycles. The molecule has 2 rings (SSSR count). The molecule has 1 heterocycles. The van der Waals surface area contributed by atoms with E-state index in [2.05, 4.69) is 20.7 Å². The van der Waals surface area contributed by atoms with E-state index >= 15 is 0 Å². The number of carbonyl (C=O) groups excluding carboxylic acids is 2. The van der Waals surface area contributed by atoms with Gasteiger partial charge in [-0.05, 0) is 29.8 Å². The van der Waals surface area contributed by atoms with E-state index < -0.39 is 0 Å². The lowest BCUT2D eigenvalue weighted by molar-refractivity contribution is -0.121. The number of hydrogen-bond acceptors (Lipinski definition) is 5. The van der Waals surface area contributed by atoms with Crippen molar-refractivity contribution in [3.05, 3.63) is 54.4 Å². The minimum Gasteiger partial charge on any atom is -0.326 e. The van der Waals surface area contributed by atoms with Crippen LogP contribution in [0.4, 0.5) is 11.4 Å². The van der Waals surface area contributed by atoms with Crippen LogP contribution >= 0.6 is 0 Å².